The van der Waals surface area contributed by atoms with Gasteiger partial charge in [0, 0.05) is 32.3 Å². The molecule has 1 N–H and O–H groups in total. The normalized spacial score (nSPS) is 30.0. The lowest BCUT2D eigenvalue weighted by Crippen LogP contribution is -2.44. The highest BCUT2D eigenvalue weighted by Gasteiger charge is 2.36. The lowest BCUT2D eigenvalue weighted by Gasteiger charge is -2.36. The second-order valence-corrected chi connectivity index (χ2v) is 7.55. The van der Waals surface area contributed by atoms with Crippen LogP contribution in [0.2, 0.25) is 0 Å². The van der Waals surface area contributed by atoms with Crippen molar-refractivity contribution in [1.29, 1.82) is 0 Å². The third-order valence-corrected chi connectivity index (χ3v) is 5.40. The van der Waals surface area contributed by atoms with E-state index in [0.29, 0.717) is 11.5 Å². The van der Waals surface area contributed by atoms with Gasteiger partial charge in [0.05, 0.1) is 6.10 Å². The lowest BCUT2D eigenvalue weighted by atomic mass is 9.85. The summed E-state index contributed by atoms with van der Waals surface area (Å²) in [6.07, 6.45) is 12.9. The lowest BCUT2D eigenvalue weighted by molar-refractivity contribution is -0.00766. The van der Waals surface area contributed by atoms with E-state index in [1.807, 2.05) is 0 Å². The van der Waals surface area contributed by atoms with E-state index in [4.69, 9.17) is 4.74 Å². The topological polar surface area (TPSA) is 24.5 Å². The molecule has 1 saturated heterocycles. The molecule has 0 aromatic heterocycles. The number of nitrogens with zero attached hydrogens (tertiary/aromatic N) is 1. The summed E-state index contributed by atoms with van der Waals surface area (Å²) >= 11 is 0. The minimum Gasteiger partial charge on any atom is -0.377 e. The second-order valence-electron chi connectivity index (χ2n) is 7.55. The van der Waals surface area contributed by atoms with Gasteiger partial charge in [0.15, 0.2) is 0 Å². The molecule has 3 aliphatic rings. The summed E-state index contributed by atoms with van der Waals surface area (Å²) in [5, 5.41) is 3.79. The van der Waals surface area contributed by atoms with Gasteiger partial charge in [-0.2, -0.15) is 0 Å². The van der Waals surface area contributed by atoms with Gasteiger partial charge in [-0.05, 0) is 57.4 Å². The molecule has 2 saturated carbocycles. The smallest absolute Gasteiger partial charge is 0.0701 e. The molecule has 0 radical (unpaired) electrons. The first-order valence-electron chi connectivity index (χ1n) is 8.79. The summed E-state index contributed by atoms with van der Waals surface area (Å²) < 4.78 is 5.90. The minimum atomic E-state index is 0.489. The van der Waals surface area contributed by atoms with Crippen LogP contribution in [0, 0.1) is 5.41 Å². The number of likely N-dealkylation sites (N-methyl/N-ethyl adjacent to an activating group) is 1. The Morgan fingerprint density at radius 3 is 2.55 bits per heavy atom. The molecule has 0 spiro atoms. The molecule has 3 nitrogen and oxygen atoms in total. The van der Waals surface area contributed by atoms with E-state index in [1.165, 1.54) is 70.9 Å². The first kappa shape index (κ1) is 14.8. The third kappa shape index (κ3) is 4.19. The van der Waals surface area contributed by atoms with E-state index in [0.717, 1.165) is 19.2 Å². The Balaban J connectivity index is 1.46. The summed E-state index contributed by atoms with van der Waals surface area (Å²) in [4.78, 5) is 2.55. The number of hydrogen-bond donors (Lipinski definition) is 1. The van der Waals surface area contributed by atoms with Crippen LogP contribution in [-0.2, 0) is 4.74 Å². The molecular formula is C17H32N2O. The number of rotatable bonds is 7. The van der Waals surface area contributed by atoms with E-state index < -0.39 is 0 Å². The van der Waals surface area contributed by atoms with Crippen LogP contribution in [0.25, 0.3) is 0 Å². The van der Waals surface area contributed by atoms with E-state index in [1.54, 1.807) is 0 Å². The van der Waals surface area contributed by atoms with Crippen molar-refractivity contribution in [3.63, 3.8) is 0 Å². The first-order chi connectivity index (χ1) is 9.76. The Kier molecular flexibility index (Phi) is 5.00. The Labute approximate surface area is 124 Å². The molecule has 116 valence electrons. The molecule has 0 amide bonds. The Morgan fingerprint density at radius 1 is 1.10 bits per heavy atom. The van der Waals surface area contributed by atoms with E-state index in [9.17, 15) is 0 Å². The molecule has 0 aromatic carbocycles. The van der Waals surface area contributed by atoms with Crippen molar-refractivity contribution in [1.82, 2.24) is 10.2 Å². The van der Waals surface area contributed by atoms with Crippen molar-refractivity contribution >= 4 is 0 Å². The number of ether oxygens (including phenoxy) is 1. The Hall–Kier alpha value is -0.120. The summed E-state index contributed by atoms with van der Waals surface area (Å²) in [6.45, 7) is 4.61. The van der Waals surface area contributed by atoms with Crippen LogP contribution in [-0.4, -0.2) is 50.3 Å². The van der Waals surface area contributed by atoms with Gasteiger partial charge in [-0.15, -0.1) is 0 Å². The maximum Gasteiger partial charge on any atom is 0.0701 e. The molecule has 3 fully saturated rings. The van der Waals surface area contributed by atoms with Crippen LogP contribution in [0.5, 0.6) is 0 Å². The molecule has 3 heteroatoms. The van der Waals surface area contributed by atoms with Gasteiger partial charge in [0.1, 0.15) is 0 Å². The maximum atomic E-state index is 5.90. The quantitative estimate of drug-likeness (QED) is 0.776. The molecule has 0 aromatic rings. The summed E-state index contributed by atoms with van der Waals surface area (Å²) in [7, 11) is 2.30. The van der Waals surface area contributed by atoms with Gasteiger partial charge >= 0.3 is 0 Å². The standard InChI is InChI=1S/C17H32N2O/c1-19(12-16-6-2-5-11-20-16)14-17(9-3-4-10-17)13-18-15-7-8-15/h15-16,18H,2-14H2,1H3. The van der Waals surface area contributed by atoms with Gasteiger partial charge < -0.3 is 15.0 Å². The van der Waals surface area contributed by atoms with Gasteiger partial charge in [0.2, 0.25) is 0 Å². The van der Waals surface area contributed by atoms with E-state index in [2.05, 4.69) is 17.3 Å². The van der Waals surface area contributed by atoms with Crippen LogP contribution in [0.15, 0.2) is 0 Å². The highest BCUT2D eigenvalue weighted by Crippen LogP contribution is 2.39. The predicted molar refractivity (Wildman–Crippen MR) is 83.0 cm³/mol. The fourth-order valence-corrected chi connectivity index (χ4v) is 4.10. The predicted octanol–water partition coefficient (Wildman–Crippen LogP) is 2.80. The number of nitrogens with one attached hydrogen (secondary N) is 1. The van der Waals surface area contributed by atoms with E-state index in [-0.39, 0.29) is 0 Å². The maximum absolute atomic E-state index is 5.90. The molecule has 1 atom stereocenters. The van der Waals surface area contributed by atoms with Gasteiger partial charge in [-0.3, -0.25) is 0 Å². The summed E-state index contributed by atoms with van der Waals surface area (Å²) in [6, 6.07) is 0.847. The number of hydrogen-bond acceptors (Lipinski definition) is 3. The third-order valence-electron chi connectivity index (χ3n) is 5.40. The fraction of sp³-hybridized carbons (Fsp3) is 1.00. The average molecular weight is 280 g/mol. The second kappa shape index (κ2) is 6.76. The Morgan fingerprint density at radius 2 is 1.90 bits per heavy atom. The summed E-state index contributed by atoms with van der Waals surface area (Å²) in [5.41, 5.74) is 0.548. The first-order valence-corrected chi connectivity index (χ1v) is 8.79. The SMILES string of the molecule is CN(CC1CCCCO1)CC1(CNC2CC2)CCCC1. The molecule has 2 aliphatic carbocycles. The van der Waals surface area contributed by atoms with Gasteiger partial charge in [0.25, 0.3) is 0 Å². The largest absolute Gasteiger partial charge is 0.377 e. The zero-order valence-electron chi connectivity index (χ0n) is 13.2. The zero-order valence-corrected chi connectivity index (χ0v) is 13.2. The monoisotopic (exact) mass is 280 g/mol. The molecule has 3 rings (SSSR count). The van der Waals surface area contributed by atoms with Crippen LogP contribution in [0.4, 0.5) is 0 Å². The van der Waals surface area contributed by atoms with E-state index >= 15 is 0 Å². The van der Waals surface area contributed by atoms with Crippen LogP contribution in [0.3, 0.4) is 0 Å². The van der Waals surface area contributed by atoms with Crippen LogP contribution in [0.1, 0.15) is 57.8 Å². The van der Waals surface area contributed by atoms with Crippen LogP contribution >= 0.6 is 0 Å². The van der Waals surface area contributed by atoms with Gasteiger partial charge in [-0.25, -0.2) is 0 Å². The van der Waals surface area contributed by atoms with Gasteiger partial charge in [-0.1, -0.05) is 12.8 Å². The highest BCUT2D eigenvalue weighted by molar-refractivity contribution is 4.92. The molecule has 1 heterocycles. The summed E-state index contributed by atoms with van der Waals surface area (Å²) in [5.74, 6) is 0. The zero-order chi connectivity index (χ0) is 13.8. The molecule has 1 aliphatic heterocycles. The van der Waals surface area contributed by atoms with Crippen molar-refractivity contribution in [3.05, 3.63) is 0 Å². The minimum absolute atomic E-state index is 0.489. The van der Waals surface area contributed by atoms with Crippen molar-refractivity contribution in [3.8, 4) is 0 Å². The molecule has 0 bridgehead atoms. The van der Waals surface area contributed by atoms with Crippen molar-refractivity contribution < 1.29 is 4.74 Å². The average Bonchev–Trinajstić information content (AvgIpc) is 3.18. The fourth-order valence-electron chi connectivity index (χ4n) is 4.10. The molecule has 20 heavy (non-hydrogen) atoms. The van der Waals surface area contributed by atoms with Crippen molar-refractivity contribution in [2.45, 2.75) is 69.9 Å². The van der Waals surface area contributed by atoms with Crippen LogP contribution < -0.4 is 5.32 Å². The van der Waals surface area contributed by atoms with Crippen molar-refractivity contribution in [2.75, 3.05) is 33.3 Å². The molecule has 1 unspecified atom stereocenters. The molecular weight excluding hydrogens is 248 g/mol. The van der Waals surface area contributed by atoms with Crippen molar-refractivity contribution in [2.24, 2.45) is 5.41 Å². The Bertz CT molecular complexity index is 291. The highest BCUT2D eigenvalue weighted by atomic mass is 16.5.